The first kappa shape index (κ1) is 13.6. The highest BCUT2D eigenvalue weighted by molar-refractivity contribution is 6.21. The number of nitrogens with one attached hydrogen (secondary N) is 1. The summed E-state index contributed by atoms with van der Waals surface area (Å²) >= 11 is 6.13. The molecule has 0 bridgehead atoms. The quantitative estimate of drug-likeness (QED) is 0.755. The monoisotopic (exact) mass is 300 g/mol. The van der Waals surface area contributed by atoms with Crippen molar-refractivity contribution in [3.05, 3.63) is 60.2 Å². The number of aromatic nitrogens is 3. The van der Waals surface area contributed by atoms with Crippen molar-refractivity contribution >= 4 is 28.7 Å². The lowest BCUT2D eigenvalue weighted by Crippen LogP contribution is -2.13. The molecule has 0 aliphatic heterocycles. The molecule has 1 amide bonds. The van der Waals surface area contributed by atoms with Gasteiger partial charge in [0.1, 0.15) is 0 Å². The summed E-state index contributed by atoms with van der Waals surface area (Å²) in [6, 6.07) is 7.47. The smallest absolute Gasteiger partial charge is 0.259 e. The molecule has 1 N–H and O–H groups in total. The highest BCUT2D eigenvalue weighted by Crippen LogP contribution is 2.27. The minimum Gasteiger partial charge on any atom is -0.322 e. The molecular weight excluding hydrogens is 288 g/mol. The van der Waals surface area contributed by atoms with Crippen LogP contribution >= 0.6 is 11.6 Å². The van der Waals surface area contributed by atoms with Gasteiger partial charge in [0.25, 0.3) is 5.91 Å². The Hall–Kier alpha value is -2.40. The van der Waals surface area contributed by atoms with Gasteiger partial charge in [-0.15, -0.1) is 11.6 Å². The average molecular weight is 301 g/mol. The Balaban J connectivity index is 1.94. The number of amides is 1. The minimum atomic E-state index is -0.234. The van der Waals surface area contributed by atoms with Gasteiger partial charge in [-0.3, -0.25) is 9.78 Å². The van der Waals surface area contributed by atoms with Crippen LogP contribution in [-0.2, 0) is 0 Å². The number of alkyl halides is 1. The van der Waals surface area contributed by atoms with Crippen molar-refractivity contribution in [2.24, 2.45) is 0 Å². The molecule has 0 fully saturated rings. The zero-order valence-electron chi connectivity index (χ0n) is 11.3. The van der Waals surface area contributed by atoms with E-state index in [0.29, 0.717) is 16.8 Å². The van der Waals surface area contributed by atoms with Gasteiger partial charge in [0.2, 0.25) is 0 Å². The SMILES string of the molecule is CC(Cl)c1ccccc1NC(=O)c1cnn2ccncc12. The van der Waals surface area contributed by atoms with Gasteiger partial charge in [0.05, 0.1) is 28.9 Å². The topological polar surface area (TPSA) is 59.3 Å². The van der Waals surface area contributed by atoms with Gasteiger partial charge < -0.3 is 5.32 Å². The lowest BCUT2D eigenvalue weighted by atomic mass is 10.1. The molecule has 2 heterocycles. The van der Waals surface area contributed by atoms with Crippen LogP contribution in [0.4, 0.5) is 5.69 Å². The second-order valence-electron chi connectivity index (χ2n) is 4.62. The van der Waals surface area contributed by atoms with E-state index in [1.54, 1.807) is 23.1 Å². The van der Waals surface area contributed by atoms with E-state index < -0.39 is 0 Å². The fraction of sp³-hybridized carbons (Fsp3) is 0.133. The van der Waals surface area contributed by atoms with Crippen molar-refractivity contribution in [2.75, 3.05) is 5.32 Å². The number of carbonyl (C=O) groups is 1. The Morgan fingerprint density at radius 2 is 2.14 bits per heavy atom. The predicted molar refractivity (Wildman–Crippen MR) is 81.7 cm³/mol. The minimum absolute atomic E-state index is 0.188. The molecule has 0 spiro atoms. The lowest BCUT2D eigenvalue weighted by Gasteiger charge is -2.12. The van der Waals surface area contributed by atoms with E-state index in [-0.39, 0.29) is 11.3 Å². The van der Waals surface area contributed by atoms with E-state index in [2.05, 4.69) is 15.4 Å². The summed E-state index contributed by atoms with van der Waals surface area (Å²) in [5.74, 6) is -0.234. The predicted octanol–water partition coefficient (Wildman–Crippen LogP) is 3.28. The van der Waals surface area contributed by atoms with Crippen LogP contribution in [0.2, 0.25) is 0 Å². The third-order valence-corrected chi connectivity index (χ3v) is 3.44. The first-order valence-electron chi connectivity index (χ1n) is 6.48. The van der Waals surface area contributed by atoms with Crippen molar-refractivity contribution in [3.8, 4) is 0 Å². The molecule has 0 aliphatic carbocycles. The van der Waals surface area contributed by atoms with Gasteiger partial charge in [0, 0.05) is 18.1 Å². The number of fused-ring (bicyclic) bond motifs is 1. The standard InChI is InChI=1S/C15H13ClN4O/c1-10(16)11-4-2-3-5-13(11)19-15(21)12-8-18-20-7-6-17-9-14(12)20/h2-10H,1H3,(H,19,21). The van der Waals surface area contributed by atoms with E-state index in [9.17, 15) is 4.79 Å². The van der Waals surface area contributed by atoms with Crippen molar-refractivity contribution in [3.63, 3.8) is 0 Å². The van der Waals surface area contributed by atoms with Crippen LogP contribution in [0, 0.1) is 0 Å². The first-order chi connectivity index (χ1) is 10.2. The van der Waals surface area contributed by atoms with Gasteiger partial charge in [-0.2, -0.15) is 5.10 Å². The van der Waals surface area contributed by atoms with Gasteiger partial charge in [0.15, 0.2) is 0 Å². The summed E-state index contributed by atoms with van der Waals surface area (Å²) in [5.41, 5.74) is 2.71. The number of nitrogens with zero attached hydrogens (tertiary/aromatic N) is 3. The molecule has 0 saturated carbocycles. The maximum atomic E-state index is 12.4. The van der Waals surface area contributed by atoms with Gasteiger partial charge in [-0.1, -0.05) is 18.2 Å². The first-order valence-corrected chi connectivity index (χ1v) is 6.92. The van der Waals surface area contributed by atoms with Crippen molar-refractivity contribution in [1.29, 1.82) is 0 Å². The third kappa shape index (κ3) is 2.60. The Bertz CT molecular complexity index is 797. The molecule has 3 rings (SSSR count). The highest BCUT2D eigenvalue weighted by Gasteiger charge is 2.15. The van der Waals surface area contributed by atoms with E-state index in [4.69, 9.17) is 11.6 Å². The summed E-state index contributed by atoms with van der Waals surface area (Å²) in [4.78, 5) is 16.4. The number of benzene rings is 1. The number of carbonyl (C=O) groups excluding carboxylic acids is 1. The number of para-hydroxylation sites is 1. The molecule has 1 unspecified atom stereocenters. The Kier molecular flexibility index (Phi) is 3.58. The van der Waals surface area contributed by atoms with Crippen LogP contribution < -0.4 is 5.32 Å². The van der Waals surface area contributed by atoms with E-state index in [1.165, 1.54) is 6.20 Å². The summed E-state index contributed by atoms with van der Waals surface area (Å²) in [7, 11) is 0. The number of hydrogen-bond donors (Lipinski definition) is 1. The van der Waals surface area contributed by atoms with Crippen LogP contribution in [0.1, 0.15) is 28.2 Å². The van der Waals surface area contributed by atoms with E-state index in [0.717, 1.165) is 5.56 Å². The largest absolute Gasteiger partial charge is 0.322 e. The number of halogens is 1. The van der Waals surface area contributed by atoms with Crippen molar-refractivity contribution < 1.29 is 4.79 Å². The number of hydrogen-bond acceptors (Lipinski definition) is 3. The number of rotatable bonds is 3. The zero-order chi connectivity index (χ0) is 14.8. The second kappa shape index (κ2) is 5.54. The summed E-state index contributed by atoms with van der Waals surface area (Å²) < 4.78 is 1.61. The molecule has 1 atom stereocenters. The molecule has 21 heavy (non-hydrogen) atoms. The molecule has 1 aromatic carbocycles. The average Bonchev–Trinajstić information content (AvgIpc) is 2.91. The molecule has 2 aromatic heterocycles. The molecular formula is C15H13ClN4O. The molecule has 0 aliphatic rings. The Morgan fingerprint density at radius 1 is 1.33 bits per heavy atom. The van der Waals surface area contributed by atoms with Crippen LogP contribution in [0.15, 0.2) is 49.1 Å². The molecule has 0 radical (unpaired) electrons. The summed E-state index contributed by atoms with van der Waals surface area (Å²) in [5, 5.41) is 6.82. The second-order valence-corrected chi connectivity index (χ2v) is 5.28. The Labute approximate surface area is 126 Å². The molecule has 6 heteroatoms. The fourth-order valence-electron chi connectivity index (χ4n) is 2.16. The summed E-state index contributed by atoms with van der Waals surface area (Å²) in [6.07, 6.45) is 6.45. The van der Waals surface area contributed by atoms with Gasteiger partial charge in [-0.05, 0) is 18.6 Å². The lowest BCUT2D eigenvalue weighted by molar-refractivity contribution is 0.102. The fourth-order valence-corrected chi connectivity index (χ4v) is 2.35. The van der Waals surface area contributed by atoms with Crippen LogP contribution in [0.5, 0.6) is 0 Å². The van der Waals surface area contributed by atoms with Gasteiger partial charge in [-0.25, -0.2) is 4.52 Å². The van der Waals surface area contributed by atoms with E-state index in [1.807, 2.05) is 31.2 Å². The van der Waals surface area contributed by atoms with Crippen LogP contribution in [-0.4, -0.2) is 20.5 Å². The maximum absolute atomic E-state index is 12.4. The molecule has 5 nitrogen and oxygen atoms in total. The zero-order valence-corrected chi connectivity index (χ0v) is 12.1. The number of anilines is 1. The highest BCUT2D eigenvalue weighted by atomic mass is 35.5. The van der Waals surface area contributed by atoms with Crippen LogP contribution in [0.25, 0.3) is 5.52 Å². The molecule has 3 aromatic rings. The third-order valence-electron chi connectivity index (χ3n) is 3.21. The summed E-state index contributed by atoms with van der Waals surface area (Å²) in [6.45, 7) is 1.87. The Morgan fingerprint density at radius 3 is 2.95 bits per heavy atom. The van der Waals surface area contributed by atoms with Crippen molar-refractivity contribution in [1.82, 2.24) is 14.6 Å². The van der Waals surface area contributed by atoms with Gasteiger partial charge >= 0.3 is 0 Å². The molecule has 106 valence electrons. The molecule has 0 saturated heterocycles. The van der Waals surface area contributed by atoms with Crippen molar-refractivity contribution in [2.45, 2.75) is 12.3 Å². The van der Waals surface area contributed by atoms with Crippen LogP contribution in [0.3, 0.4) is 0 Å². The van der Waals surface area contributed by atoms with E-state index >= 15 is 0 Å². The normalized spacial score (nSPS) is 12.3. The maximum Gasteiger partial charge on any atom is 0.259 e.